The van der Waals surface area contributed by atoms with Gasteiger partial charge in [-0.1, -0.05) is 12.1 Å². The summed E-state index contributed by atoms with van der Waals surface area (Å²) < 4.78 is 20.6. The summed E-state index contributed by atoms with van der Waals surface area (Å²) in [5.41, 5.74) is 2.26. The van der Waals surface area contributed by atoms with Crippen molar-refractivity contribution in [3.05, 3.63) is 66.5 Å². The Kier molecular flexibility index (Phi) is 4.42. The number of benzene rings is 1. The largest absolute Gasteiger partial charge is 0.421 e. The zero-order valence-corrected chi connectivity index (χ0v) is 12.9. The first-order chi connectivity index (χ1) is 11.7. The summed E-state index contributed by atoms with van der Waals surface area (Å²) in [6.45, 7) is 5.23. The quantitative estimate of drug-likeness (QED) is 0.548. The van der Waals surface area contributed by atoms with Crippen LogP contribution in [0.3, 0.4) is 0 Å². The summed E-state index contributed by atoms with van der Waals surface area (Å²) in [4.78, 5) is 11.9. The number of rotatable bonds is 3. The summed E-state index contributed by atoms with van der Waals surface area (Å²) in [6, 6.07) is 9.65. The first kappa shape index (κ1) is 15.5. The van der Waals surface area contributed by atoms with Crippen LogP contribution in [0.25, 0.3) is 11.2 Å². The molecule has 0 aliphatic rings. The van der Waals surface area contributed by atoms with E-state index in [0.29, 0.717) is 0 Å². The molecule has 0 N–H and O–H groups in total. The van der Waals surface area contributed by atoms with Crippen LogP contribution in [0, 0.1) is 5.82 Å². The van der Waals surface area contributed by atoms with E-state index in [1.54, 1.807) is 29.0 Å². The van der Waals surface area contributed by atoms with Crippen LogP contribution in [-0.2, 0) is 0 Å². The molecule has 1 aromatic carbocycles. The molecule has 0 amide bonds. The number of halogens is 1. The van der Waals surface area contributed by atoms with E-state index >= 15 is 0 Å². The zero-order valence-electron chi connectivity index (χ0n) is 12.9. The van der Waals surface area contributed by atoms with Gasteiger partial charge in [-0.05, 0) is 43.5 Å². The molecule has 3 aromatic rings. The maximum atomic E-state index is 13.6. The predicted octanol–water partition coefficient (Wildman–Crippen LogP) is 3.36. The molecule has 7 heteroatoms. The lowest BCUT2D eigenvalue weighted by Crippen LogP contribution is -2.05. The second-order valence-corrected chi connectivity index (χ2v) is 4.86. The lowest BCUT2D eigenvalue weighted by molar-refractivity contribution is 0.486. The normalized spacial score (nSPS) is 12.4. The second-order valence-electron chi connectivity index (χ2n) is 4.86. The maximum Gasteiger partial charge on any atom is 0.321 e. The van der Waals surface area contributed by atoms with Gasteiger partial charge < -0.3 is 4.74 Å². The highest BCUT2D eigenvalue weighted by molar-refractivity contribution is 5.82. The Morgan fingerprint density at radius 3 is 2.92 bits per heavy atom. The average Bonchev–Trinajstić information content (AvgIpc) is 3.07. The van der Waals surface area contributed by atoms with Gasteiger partial charge in [0, 0.05) is 18.6 Å². The van der Waals surface area contributed by atoms with Gasteiger partial charge in [0.25, 0.3) is 0 Å². The van der Waals surface area contributed by atoms with E-state index in [-0.39, 0.29) is 11.8 Å². The molecule has 0 saturated heterocycles. The number of imidazole rings is 1. The molecule has 0 spiro atoms. The van der Waals surface area contributed by atoms with Gasteiger partial charge in [-0.15, -0.1) is 0 Å². The Bertz CT molecular complexity index is 945. The van der Waals surface area contributed by atoms with Crippen LogP contribution in [-0.4, -0.2) is 27.3 Å². The van der Waals surface area contributed by atoms with Crippen LogP contribution in [0.1, 0.15) is 12.6 Å². The molecule has 120 valence electrons. The van der Waals surface area contributed by atoms with Crippen molar-refractivity contribution in [1.82, 2.24) is 14.6 Å². The third-order valence-electron chi connectivity index (χ3n) is 3.20. The van der Waals surface area contributed by atoms with Crippen LogP contribution >= 0.6 is 0 Å². The summed E-state index contributed by atoms with van der Waals surface area (Å²) >= 11 is 0. The molecule has 0 atom stereocenters. The highest BCUT2D eigenvalue weighted by Gasteiger charge is 2.05. The summed E-state index contributed by atoms with van der Waals surface area (Å²) in [5, 5.41) is 4.41. The SMILES string of the molecule is C=NC(=N/C=C(\C)c1ccc2nccn2n1)Oc1ccccc1F. The Morgan fingerprint density at radius 1 is 1.29 bits per heavy atom. The van der Waals surface area contributed by atoms with E-state index in [2.05, 4.69) is 26.8 Å². The van der Waals surface area contributed by atoms with Gasteiger partial charge >= 0.3 is 6.02 Å². The number of ether oxygens (including phenoxy) is 1. The van der Waals surface area contributed by atoms with Gasteiger partial charge in [0.2, 0.25) is 0 Å². The first-order valence-corrected chi connectivity index (χ1v) is 7.12. The van der Waals surface area contributed by atoms with Crippen LogP contribution in [0.5, 0.6) is 5.75 Å². The van der Waals surface area contributed by atoms with Gasteiger partial charge in [-0.2, -0.15) is 5.10 Å². The minimum Gasteiger partial charge on any atom is -0.421 e. The van der Waals surface area contributed by atoms with Crippen molar-refractivity contribution in [3.63, 3.8) is 0 Å². The Balaban J connectivity index is 1.83. The molecule has 0 aliphatic carbocycles. The Hall–Kier alpha value is -3.35. The molecule has 0 radical (unpaired) electrons. The van der Waals surface area contributed by atoms with Crippen molar-refractivity contribution in [2.75, 3.05) is 0 Å². The first-order valence-electron chi connectivity index (χ1n) is 7.12. The molecule has 3 rings (SSSR count). The minimum absolute atomic E-state index is 0.0349. The average molecular weight is 323 g/mol. The lowest BCUT2D eigenvalue weighted by atomic mass is 10.2. The van der Waals surface area contributed by atoms with Crippen molar-refractivity contribution >= 4 is 24.0 Å². The number of aromatic nitrogens is 3. The topological polar surface area (TPSA) is 64.1 Å². The third kappa shape index (κ3) is 3.35. The van der Waals surface area contributed by atoms with E-state index < -0.39 is 5.82 Å². The Morgan fingerprint density at radius 2 is 2.12 bits per heavy atom. The summed E-state index contributed by atoms with van der Waals surface area (Å²) in [6.07, 6.45) is 4.97. The third-order valence-corrected chi connectivity index (χ3v) is 3.20. The fraction of sp³-hybridized carbons (Fsp3) is 0.0588. The molecule has 0 aliphatic heterocycles. The molecular formula is C17H14FN5O. The number of hydrogen-bond acceptors (Lipinski definition) is 4. The highest BCUT2D eigenvalue weighted by atomic mass is 19.1. The van der Waals surface area contributed by atoms with E-state index in [1.165, 1.54) is 18.3 Å². The van der Waals surface area contributed by atoms with Crippen molar-refractivity contribution in [1.29, 1.82) is 0 Å². The molecule has 6 nitrogen and oxygen atoms in total. The lowest BCUT2D eigenvalue weighted by Gasteiger charge is -2.04. The minimum atomic E-state index is -0.498. The molecule has 2 heterocycles. The van der Waals surface area contributed by atoms with E-state index in [9.17, 15) is 4.39 Å². The van der Waals surface area contributed by atoms with Gasteiger partial charge in [-0.25, -0.2) is 23.9 Å². The summed E-state index contributed by atoms with van der Waals surface area (Å²) in [5.74, 6) is -0.463. The van der Waals surface area contributed by atoms with Gasteiger partial charge in [0.15, 0.2) is 17.2 Å². The van der Waals surface area contributed by atoms with Crippen LogP contribution < -0.4 is 4.74 Å². The number of amidine groups is 1. The Labute approximate surface area is 137 Å². The number of fused-ring (bicyclic) bond motifs is 1. The molecule has 24 heavy (non-hydrogen) atoms. The van der Waals surface area contributed by atoms with Gasteiger partial charge in [0.1, 0.15) is 0 Å². The molecule has 0 unspecified atom stereocenters. The standard InChI is InChI=1S/C17H14FN5O/c1-12(14-7-8-16-20-9-10-23(16)22-14)11-21-17(19-2)24-15-6-4-3-5-13(15)18/h3-11H,2H2,1H3/b12-11+,21-17?. The van der Waals surface area contributed by atoms with Crippen LogP contribution in [0.2, 0.25) is 0 Å². The van der Waals surface area contributed by atoms with Gasteiger partial charge in [-0.3, -0.25) is 0 Å². The van der Waals surface area contributed by atoms with Crippen molar-refractivity contribution in [3.8, 4) is 5.75 Å². The molecule has 0 saturated carbocycles. The molecule has 2 aromatic heterocycles. The fourth-order valence-electron chi connectivity index (χ4n) is 1.97. The molecule has 0 fully saturated rings. The molecule has 0 bridgehead atoms. The van der Waals surface area contributed by atoms with E-state index in [4.69, 9.17) is 4.74 Å². The number of para-hydroxylation sites is 1. The van der Waals surface area contributed by atoms with Crippen LogP contribution in [0.4, 0.5) is 4.39 Å². The maximum absolute atomic E-state index is 13.6. The van der Waals surface area contributed by atoms with Crippen molar-refractivity contribution in [2.45, 2.75) is 6.92 Å². The van der Waals surface area contributed by atoms with Crippen LogP contribution in [0.15, 0.2) is 65.0 Å². The monoisotopic (exact) mass is 323 g/mol. The smallest absolute Gasteiger partial charge is 0.321 e. The van der Waals surface area contributed by atoms with Crippen molar-refractivity contribution < 1.29 is 9.13 Å². The number of allylic oxidation sites excluding steroid dienone is 1. The summed E-state index contributed by atoms with van der Waals surface area (Å²) in [7, 11) is 0. The number of aliphatic imine (C=N–C) groups is 2. The van der Waals surface area contributed by atoms with Crippen molar-refractivity contribution in [2.24, 2.45) is 9.98 Å². The highest BCUT2D eigenvalue weighted by Crippen LogP contribution is 2.16. The number of nitrogens with zero attached hydrogens (tertiary/aromatic N) is 5. The zero-order chi connectivity index (χ0) is 16.9. The van der Waals surface area contributed by atoms with Gasteiger partial charge in [0.05, 0.1) is 5.69 Å². The second kappa shape index (κ2) is 6.82. The van der Waals surface area contributed by atoms with E-state index in [1.807, 2.05) is 19.1 Å². The van der Waals surface area contributed by atoms with E-state index in [0.717, 1.165) is 16.9 Å². The fourth-order valence-corrected chi connectivity index (χ4v) is 1.97. The predicted molar refractivity (Wildman–Crippen MR) is 90.7 cm³/mol. The molecular weight excluding hydrogens is 309 g/mol. The number of hydrogen-bond donors (Lipinski definition) is 0.